The summed E-state index contributed by atoms with van der Waals surface area (Å²) in [5.41, 5.74) is 2.50. The fourth-order valence-corrected chi connectivity index (χ4v) is 1.64. The van der Waals surface area contributed by atoms with Crippen LogP contribution in [0.3, 0.4) is 0 Å². The van der Waals surface area contributed by atoms with Crippen LogP contribution >= 0.6 is 11.6 Å². The Kier molecular flexibility index (Phi) is 4.19. The van der Waals surface area contributed by atoms with Gasteiger partial charge in [0.2, 0.25) is 5.88 Å². The molecule has 1 aromatic heterocycles. The van der Waals surface area contributed by atoms with Crippen molar-refractivity contribution >= 4 is 17.4 Å². The average molecular weight is 279 g/mol. The van der Waals surface area contributed by atoms with Crippen molar-refractivity contribution in [2.24, 2.45) is 5.84 Å². The minimum Gasteiger partial charge on any atom is -0.437 e. The van der Waals surface area contributed by atoms with Crippen molar-refractivity contribution in [1.82, 2.24) is 9.97 Å². The first-order valence-electron chi connectivity index (χ1n) is 5.88. The van der Waals surface area contributed by atoms with Crippen molar-refractivity contribution in [2.75, 3.05) is 5.43 Å². The van der Waals surface area contributed by atoms with Crippen molar-refractivity contribution in [2.45, 2.75) is 19.8 Å². The molecule has 0 saturated carbocycles. The van der Waals surface area contributed by atoms with Gasteiger partial charge in [-0.2, -0.15) is 4.98 Å². The molecule has 0 unspecified atom stereocenters. The summed E-state index contributed by atoms with van der Waals surface area (Å²) in [6, 6.07) is 8.82. The van der Waals surface area contributed by atoms with Gasteiger partial charge < -0.3 is 10.2 Å². The third kappa shape index (κ3) is 3.33. The molecule has 0 atom stereocenters. The fourth-order valence-electron chi connectivity index (χ4n) is 1.47. The second-order valence-corrected chi connectivity index (χ2v) is 4.69. The second kappa shape index (κ2) is 5.86. The Labute approximate surface area is 116 Å². The number of benzene rings is 1. The summed E-state index contributed by atoms with van der Waals surface area (Å²) in [6.45, 7) is 3.99. The summed E-state index contributed by atoms with van der Waals surface area (Å²) in [4.78, 5) is 8.58. The Hall–Kier alpha value is -1.85. The van der Waals surface area contributed by atoms with Gasteiger partial charge in [-0.15, -0.1) is 0 Å². The fraction of sp³-hybridized carbons (Fsp3) is 0.231. The van der Waals surface area contributed by atoms with Gasteiger partial charge in [-0.1, -0.05) is 37.6 Å². The molecule has 2 rings (SSSR count). The number of nitrogens with zero attached hydrogens (tertiary/aromatic N) is 2. The first kappa shape index (κ1) is 13.6. The highest BCUT2D eigenvalue weighted by Crippen LogP contribution is 2.29. The zero-order chi connectivity index (χ0) is 13.8. The van der Waals surface area contributed by atoms with Gasteiger partial charge in [-0.3, -0.25) is 0 Å². The minimum atomic E-state index is 0.168. The van der Waals surface area contributed by atoms with Gasteiger partial charge in [0, 0.05) is 12.0 Å². The van der Waals surface area contributed by atoms with E-state index in [-0.39, 0.29) is 5.92 Å². The van der Waals surface area contributed by atoms with Crippen LogP contribution < -0.4 is 16.0 Å². The maximum atomic E-state index is 6.04. The van der Waals surface area contributed by atoms with Gasteiger partial charge in [-0.25, -0.2) is 10.8 Å². The van der Waals surface area contributed by atoms with E-state index >= 15 is 0 Å². The van der Waals surface area contributed by atoms with E-state index in [1.807, 2.05) is 26.0 Å². The van der Waals surface area contributed by atoms with Crippen LogP contribution in [0.2, 0.25) is 5.02 Å². The van der Waals surface area contributed by atoms with E-state index in [2.05, 4.69) is 15.4 Å². The SMILES string of the molecule is CC(C)c1nc(NN)cc(Oc2ccccc2Cl)n1. The molecule has 1 aromatic carbocycles. The van der Waals surface area contributed by atoms with Crippen LogP contribution in [0.15, 0.2) is 30.3 Å². The monoisotopic (exact) mass is 278 g/mol. The minimum absolute atomic E-state index is 0.168. The Morgan fingerprint density at radius 3 is 2.63 bits per heavy atom. The molecule has 2 aromatic rings. The topological polar surface area (TPSA) is 73.1 Å². The van der Waals surface area contributed by atoms with E-state index < -0.39 is 0 Å². The first-order chi connectivity index (χ1) is 9.10. The molecule has 0 aliphatic rings. The molecule has 0 fully saturated rings. The van der Waals surface area contributed by atoms with Crippen LogP contribution in [0.1, 0.15) is 25.6 Å². The van der Waals surface area contributed by atoms with Crippen LogP contribution in [-0.2, 0) is 0 Å². The number of hydrogen-bond acceptors (Lipinski definition) is 5. The highest BCUT2D eigenvalue weighted by Gasteiger charge is 2.10. The quantitative estimate of drug-likeness (QED) is 0.663. The molecule has 0 amide bonds. The molecule has 0 radical (unpaired) electrons. The number of hydrazine groups is 1. The van der Waals surface area contributed by atoms with E-state index in [0.29, 0.717) is 28.3 Å². The number of rotatable bonds is 4. The third-order valence-electron chi connectivity index (χ3n) is 2.44. The number of hydrogen-bond donors (Lipinski definition) is 2. The summed E-state index contributed by atoms with van der Waals surface area (Å²) < 4.78 is 5.66. The van der Waals surface area contributed by atoms with Gasteiger partial charge >= 0.3 is 0 Å². The van der Waals surface area contributed by atoms with E-state index in [4.69, 9.17) is 22.2 Å². The predicted octanol–water partition coefficient (Wildman–Crippen LogP) is 3.33. The number of anilines is 1. The molecule has 0 aliphatic heterocycles. The summed E-state index contributed by atoms with van der Waals surface area (Å²) in [5.74, 6) is 7.65. The highest BCUT2D eigenvalue weighted by molar-refractivity contribution is 6.32. The number of nitrogens with one attached hydrogen (secondary N) is 1. The maximum Gasteiger partial charge on any atom is 0.224 e. The third-order valence-corrected chi connectivity index (χ3v) is 2.75. The highest BCUT2D eigenvalue weighted by atomic mass is 35.5. The number of aromatic nitrogens is 2. The Balaban J connectivity index is 2.34. The molecule has 0 spiro atoms. The molecule has 19 heavy (non-hydrogen) atoms. The van der Waals surface area contributed by atoms with Crippen LogP contribution in [0.4, 0.5) is 5.82 Å². The molecule has 5 nitrogen and oxygen atoms in total. The molecule has 0 aliphatic carbocycles. The molecule has 1 heterocycles. The first-order valence-corrected chi connectivity index (χ1v) is 6.26. The van der Waals surface area contributed by atoms with Crippen molar-refractivity contribution in [3.63, 3.8) is 0 Å². The summed E-state index contributed by atoms with van der Waals surface area (Å²) in [5, 5.41) is 0.523. The lowest BCUT2D eigenvalue weighted by Crippen LogP contribution is -2.11. The normalized spacial score (nSPS) is 10.6. The number of nitrogen functional groups attached to an aromatic ring is 1. The number of ether oxygens (including phenoxy) is 1. The van der Waals surface area contributed by atoms with E-state index in [1.165, 1.54) is 0 Å². The maximum absolute atomic E-state index is 6.04. The van der Waals surface area contributed by atoms with Gasteiger partial charge in [0.15, 0.2) is 0 Å². The molecule has 0 saturated heterocycles. The molecule has 3 N–H and O–H groups in total. The Morgan fingerprint density at radius 2 is 2.00 bits per heavy atom. The van der Waals surface area contributed by atoms with Crippen LogP contribution in [-0.4, -0.2) is 9.97 Å². The summed E-state index contributed by atoms with van der Waals surface area (Å²) in [6.07, 6.45) is 0. The zero-order valence-corrected chi connectivity index (χ0v) is 11.5. The molecule has 6 heteroatoms. The van der Waals surface area contributed by atoms with Crippen molar-refractivity contribution in [3.05, 3.63) is 41.2 Å². The summed E-state index contributed by atoms with van der Waals surface area (Å²) >= 11 is 6.04. The van der Waals surface area contributed by atoms with E-state index in [9.17, 15) is 0 Å². The second-order valence-electron chi connectivity index (χ2n) is 4.28. The van der Waals surface area contributed by atoms with Gasteiger partial charge in [0.1, 0.15) is 17.4 Å². The predicted molar refractivity (Wildman–Crippen MR) is 75.5 cm³/mol. The van der Waals surface area contributed by atoms with Gasteiger partial charge in [-0.05, 0) is 12.1 Å². The van der Waals surface area contributed by atoms with E-state index in [0.717, 1.165) is 0 Å². The molecule has 0 bridgehead atoms. The van der Waals surface area contributed by atoms with Gasteiger partial charge in [0.25, 0.3) is 0 Å². The average Bonchev–Trinajstić information content (AvgIpc) is 2.41. The number of halogens is 1. The lowest BCUT2D eigenvalue weighted by atomic mass is 10.2. The lowest BCUT2D eigenvalue weighted by molar-refractivity contribution is 0.457. The van der Waals surface area contributed by atoms with E-state index in [1.54, 1.807) is 18.2 Å². The van der Waals surface area contributed by atoms with Gasteiger partial charge in [0.05, 0.1) is 5.02 Å². The zero-order valence-electron chi connectivity index (χ0n) is 10.7. The van der Waals surface area contributed by atoms with Crippen molar-refractivity contribution in [1.29, 1.82) is 0 Å². The summed E-state index contributed by atoms with van der Waals surface area (Å²) in [7, 11) is 0. The van der Waals surface area contributed by atoms with Crippen LogP contribution in [0, 0.1) is 0 Å². The molecular weight excluding hydrogens is 264 g/mol. The molecule has 100 valence electrons. The number of para-hydroxylation sites is 1. The van der Waals surface area contributed by atoms with Crippen LogP contribution in [0.5, 0.6) is 11.6 Å². The Morgan fingerprint density at radius 1 is 1.26 bits per heavy atom. The Bertz CT molecular complexity index is 574. The standard InChI is InChI=1S/C13H15ClN4O/c1-8(2)13-16-11(18-15)7-12(17-13)19-10-6-4-3-5-9(10)14/h3-8H,15H2,1-2H3,(H,16,17,18). The molecular formula is C13H15ClN4O. The lowest BCUT2D eigenvalue weighted by Gasteiger charge is -2.11. The van der Waals surface area contributed by atoms with Crippen molar-refractivity contribution < 1.29 is 4.74 Å². The van der Waals surface area contributed by atoms with Crippen molar-refractivity contribution in [3.8, 4) is 11.6 Å². The van der Waals surface area contributed by atoms with Crippen LogP contribution in [0.25, 0.3) is 0 Å². The number of nitrogens with two attached hydrogens (primary N) is 1. The largest absolute Gasteiger partial charge is 0.437 e. The smallest absolute Gasteiger partial charge is 0.224 e.